The van der Waals surface area contributed by atoms with Crippen LogP contribution < -0.4 is 26.0 Å². The molecule has 2 aliphatic rings. The van der Waals surface area contributed by atoms with Crippen molar-refractivity contribution >= 4 is 46.9 Å². The molecule has 0 spiro atoms. The highest BCUT2D eigenvalue weighted by molar-refractivity contribution is 7.13. The van der Waals surface area contributed by atoms with E-state index in [2.05, 4.69) is 31.2 Å². The van der Waals surface area contributed by atoms with Gasteiger partial charge in [0.1, 0.15) is 30.1 Å². The monoisotopic (exact) mass is 1030 g/mol. The first-order valence-corrected chi connectivity index (χ1v) is 25.3. The molecule has 1 unspecified atom stereocenters. The second-order valence-corrected chi connectivity index (χ2v) is 20.3. The van der Waals surface area contributed by atoms with E-state index in [-0.39, 0.29) is 95.8 Å². The van der Waals surface area contributed by atoms with E-state index < -0.39 is 59.3 Å². The highest BCUT2D eigenvalue weighted by Gasteiger charge is 2.45. The van der Waals surface area contributed by atoms with Gasteiger partial charge in [0.2, 0.25) is 23.6 Å². The largest absolute Gasteiger partial charge is 0.495 e. The number of halogens is 3. The number of rotatable bonds is 22. The predicted octanol–water partition coefficient (Wildman–Crippen LogP) is 6.34. The zero-order valence-electron chi connectivity index (χ0n) is 41.9. The third-order valence-corrected chi connectivity index (χ3v) is 13.8. The molecule has 6 rings (SSSR count). The first kappa shape index (κ1) is 56.1. The van der Waals surface area contributed by atoms with Crippen molar-refractivity contribution in [2.45, 2.75) is 104 Å². The van der Waals surface area contributed by atoms with Crippen molar-refractivity contribution < 1.29 is 56.5 Å². The molecule has 0 bridgehead atoms. The van der Waals surface area contributed by atoms with E-state index in [0.29, 0.717) is 24.2 Å². The Hall–Kier alpha value is -6.22. The quantitative estimate of drug-likeness (QED) is 0.0549. The maximum absolute atomic E-state index is 14.0. The number of allylic oxidation sites excluding steroid dienone is 1. The van der Waals surface area contributed by atoms with E-state index >= 15 is 0 Å². The second-order valence-electron chi connectivity index (χ2n) is 19.5. The maximum Gasteiger partial charge on any atom is 0.391 e. The number of nitrogens with one attached hydrogen (secondary N) is 4. The van der Waals surface area contributed by atoms with Crippen LogP contribution in [0.15, 0.2) is 72.4 Å². The van der Waals surface area contributed by atoms with Gasteiger partial charge in [0.05, 0.1) is 67.7 Å². The Labute approximate surface area is 427 Å². The number of aliphatic hydroxyl groups is 1. The molecule has 16 nitrogen and oxygen atoms in total. The van der Waals surface area contributed by atoms with Crippen molar-refractivity contribution in [2.24, 2.45) is 17.3 Å². The SMILES string of the molecule is COc1cnc(C(=O)NCc2cccc(CC(=O)NCCOCCOCC(=O)NC(C(=O)N3C[C@H](O)C[C@H]3C(=O)NCc3ccc(-c4scnc4C)cc3)C(C)(C)C)c2)cc1/C=C/C1CCC(C(F)(F)F)CC1. The van der Waals surface area contributed by atoms with Crippen LogP contribution in [0.1, 0.15) is 91.3 Å². The van der Waals surface area contributed by atoms with E-state index in [4.69, 9.17) is 14.2 Å². The van der Waals surface area contributed by atoms with Gasteiger partial charge in [-0.25, -0.2) is 9.97 Å². The number of hydrogen-bond donors (Lipinski definition) is 5. The summed E-state index contributed by atoms with van der Waals surface area (Å²) in [6, 6.07) is 14.7. The van der Waals surface area contributed by atoms with Gasteiger partial charge >= 0.3 is 6.18 Å². The van der Waals surface area contributed by atoms with Gasteiger partial charge in [0.15, 0.2) is 0 Å². The lowest BCUT2D eigenvalue weighted by Crippen LogP contribution is -2.58. The number of ether oxygens (including phenoxy) is 3. The van der Waals surface area contributed by atoms with Crippen LogP contribution in [0.2, 0.25) is 0 Å². The molecule has 0 radical (unpaired) electrons. The number of pyridine rings is 1. The number of benzene rings is 2. The smallest absolute Gasteiger partial charge is 0.391 e. The summed E-state index contributed by atoms with van der Waals surface area (Å²) in [6.45, 7) is 7.95. The standard InChI is InChI=1S/C53H66F3N7O9S/c1-33-47(73-32-61-33)38-14-10-35(11-15-38)27-60-50(68)43-26-41(64)30-63(43)51(69)48(52(2,3)4)62-46(66)31-72-22-21-71-20-19-57-45(65)24-36-7-6-8-37(23-36)28-59-49(67)42-25-39(44(70-5)29-58-42)16-9-34-12-17-40(18-13-34)53(54,55)56/h6-11,14-16,23,25,29,32,34,40-41,43,48,64H,12-13,17-22,24,26-28,30-31H2,1-5H3,(H,57,65)(H,59,67)(H,60,68)(H,62,66)/b16-9+/t34?,40?,41-,43+,48?/m1/s1. The van der Waals surface area contributed by atoms with Gasteiger partial charge in [0.25, 0.3) is 5.91 Å². The fourth-order valence-corrected chi connectivity index (χ4v) is 9.57. The summed E-state index contributed by atoms with van der Waals surface area (Å²) in [4.78, 5) is 77.2. The number of nitrogens with zero attached hydrogens (tertiary/aromatic N) is 3. The maximum atomic E-state index is 14.0. The Morgan fingerprint density at radius 2 is 1.59 bits per heavy atom. The van der Waals surface area contributed by atoms with E-state index in [1.165, 1.54) is 18.2 Å². The fourth-order valence-electron chi connectivity index (χ4n) is 8.76. The van der Waals surface area contributed by atoms with Crippen LogP contribution in [-0.2, 0) is 48.2 Å². The Morgan fingerprint density at radius 3 is 2.27 bits per heavy atom. The molecule has 2 aromatic carbocycles. The van der Waals surface area contributed by atoms with Crippen molar-refractivity contribution in [3.05, 3.63) is 106 Å². The first-order chi connectivity index (χ1) is 34.8. The van der Waals surface area contributed by atoms with Crippen molar-refractivity contribution in [3.63, 3.8) is 0 Å². The average molecular weight is 1030 g/mol. The number of likely N-dealkylation sites (tertiary alicyclic amines) is 1. The molecule has 1 saturated carbocycles. The van der Waals surface area contributed by atoms with Crippen molar-refractivity contribution in [3.8, 4) is 16.2 Å². The molecule has 5 amide bonds. The summed E-state index contributed by atoms with van der Waals surface area (Å²) in [7, 11) is 1.47. The zero-order valence-corrected chi connectivity index (χ0v) is 42.7. The summed E-state index contributed by atoms with van der Waals surface area (Å²) in [5, 5.41) is 21.9. The average Bonchev–Trinajstić information content (AvgIpc) is 3.98. The minimum Gasteiger partial charge on any atom is -0.495 e. The number of aromatic nitrogens is 2. The minimum atomic E-state index is -4.17. The lowest BCUT2D eigenvalue weighted by molar-refractivity contribution is -0.183. The van der Waals surface area contributed by atoms with Gasteiger partial charge in [-0.1, -0.05) is 81.5 Å². The molecule has 1 aliphatic carbocycles. The zero-order chi connectivity index (χ0) is 52.7. The summed E-state index contributed by atoms with van der Waals surface area (Å²) in [5.41, 5.74) is 6.12. The van der Waals surface area contributed by atoms with Crippen LogP contribution in [0.3, 0.4) is 0 Å². The molecule has 3 heterocycles. The van der Waals surface area contributed by atoms with Gasteiger partial charge in [-0.05, 0) is 72.3 Å². The number of carbonyl (C=O) groups excluding carboxylic acids is 5. The molecule has 2 aromatic heterocycles. The van der Waals surface area contributed by atoms with Crippen LogP contribution in [0.25, 0.3) is 16.5 Å². The van der Waals surface area contributed by atoms with Crippen LogP contribution >= 0.6 is 11.3 Å². The number of methoxy groups -OCH3 is 1. The number of β-amino-alcohol motifs (C(OH)–C–C–N with tert-alkyl or cyclic N) is 1. The normalized spacial score (nSPS) is 18.6. The van der Waals surface area contributed by atoms with E-state index in [1.807, 2.05) is 49.4 Å². The van der Waals surface area contributed by atoms with Crippen molar-refractivity contribution in [1.82, 2.24) is 36.1 Å². The third kappa shape index (κ3) is 16.6. The topological polar surface area (TPSA) is 210 Å². The molecule has 5 N–H and O–H groups in total. The Morgan fingerprint density at radius 1 is 0.877 bits per heavy atom. The molecule has 73 heavy (non-hydrogen) atoms. The summed E-state index contributed by atoms with van der Waals surface area (Å²) in [6.07, 6.45) is 1.18. The predicted molar refractivity (Wildman–Crippen MR) is 269 cm³/mol. The summed E-state index contributed by atoms with van der Waals surface area (Å²) >= 11 is 1.56. The van der Waals surface area contributed by atoms with Crippen LogP contribution in [0.4, 0.5) is 13.2 Å². The fraction of sp³-hybridized carbons (Fsp3) is 0.491. The number of aliphatic hydroxyl groups excluding tert-OH is 1. The lowest BCUT2D eigenvalue weighted by Gasteiger charge is -2.35. The molecule has 20 heteroatoms. The number of alkyl halides is 3. The molecule has 394 valence electrons. The van der Waals surface area contributed by atoms with Gasteiger partial charge in [-0.2, -0.15) is 13.2 Å². The molecule has 2 fully saturated rings. The summed E-state index contributed by atoms with van der Waals surface area (Å²) < 4.78 is 55.8. The Balaban J connectivity index is 0.860. The number of hydrogen-bond acceptors (Lipinski definition) is 12. The van der Waals surface area contributed by atoms with E-state index in [9.17, 15) is 42.3 Å². The van der Waals surface area contributed by atoms with Gasteiger partial charge in [0, 0.05) is 38.2 Å². The number of thiazole rings is 1. The van der Waals surface area contributed by atoms with Crippen LogP contribution in [-0.4, -0.2) is 121 Å². The van der Waals surface area contributed by atoms with Gasteiger partial charge in [-0.3, -0.25) is 24.0 Å². The third-order valence-electron chi connectivity index (χ3n) is 12.8. The molecule has 3 atom stereocenters. The molecule has 1 saturated heterocycles. The molecular formula is C53H66F3N7O9S. The lowest BCUT2D eigenvalue weighted by atomic mass is 9.81. The van der Waals surface area contributed by atoms with Crippen molar-refractivity contribution in [1.29, 1.82) is 0 Å². The van der Waals surface area contributed by atoms with Gasteiger partial charge in [-0.15, -0.1) is 11.3 Å². The number of aryl methyl sites for hydroxylation is 1. The first-order valence-electron chi connectivity index (χ1n) is 24.4. The highest BCUT2D eigenvalue weighted by Crippen LogP contribution is 2.40. The minimum absolute atomic E-state index is 0.00837. The number of carbonyl (C=O) groups is 5. The molecule has 1 aliphatic heterocycles. The Kier molecular flexibility index (Phi) is 20.1. The van der Waals surface area contributed by atoms with E-state index in [1.54, 1.807) is 61.9 Å². The van der Waals surface area contributed by atoms with Gasteiger partial charge < -0.3 is 45.5 Å². The summed E-state index contributed by atoms with van der Waals surface area (Å²) in [5.74, 6) is -2.94. The van der Waals surface area contributed by atoms with Crippen molar-refractivity contribution in [2.75, 3.05) is 46.6 Å². The Bertz CT molecular complexity index is 2540. The van der Waals surface area contributed by atoms with Crippen LogP contribution in [0.5, 0.6) is 5.75 Å². The number of amides is 5. The highest BCUT2D eigenvalue weighted by atomic mass is 32.1. The second kappa shape index (κ2) is 26.1. The van der Waals surface area contributed by atoms with E-state index in [0.717, 1.165) is 32.8 Å². The molecular weight excluding hydrogens is 968 g/mol. The van der Waals surface area contributed by atoms with Crippen LogP contribution in [0, 0.1) is 24.2 Å². The molecule has 4 aromatic rings.